The first-order valence-corrected chi connectivity index (χ1v) is 8.80. The Balaban J connectivity index is 1.39. The molecule has 5 nitrogen and oxygen atoms in total. The van der Waals surface area contributed by atoms with Gasteiger partial charge < -0.3 is 4.98 Å². The van der Waals surface area contributed by atoms with Crippen LogP contribution in [0.3, 0.4) is 0 Å². The number of aromatic amines is 1. The minimum atomic E-state index is 0.00525. The number of nitrogens with one attached hydrogen (secondary N) is 2. The lowest BCUT2D eigenvalue weighted by atomic mass is 9.96. The number of aromatic nitrogens is 2. The number of imidazole rings is 1. The predicted molar refractivity (Wildman–Crippen MR) is 99.2 cm³/mol. The maximum Gasteiger partial charge on any atom is 0.231 e. The average Bonchev–Trinajstić information content (AvgIpc) is 3.05. The van der Waals surface area contributed by atoms with Crippen molar-refractivity contribution in [3.05, 3.63) is 60.2 Å². The second kappa shape index (κ2) is 7.07. The van der Waals surface area contributed by atoms with E-state index in [4.69, 9.17) is 0 Å². The summed E-state index contributed by atoms with van der Waals surface area (Å²) in [7, 11) is 0. The van der Waals surface area contributed by atoms with Crippen LogP contribution >= 0.6 is 0 Å². The molecule has 1 fully saturated rings. The molecule has 0 unspecified atom stereocenters. The van der Waals surface area contributed by atoms with E-state index in [0.29, 0.717) is 5.95 Å². The Kier molecular flexibility index (Phi) is 4.48. The third kappa shape index (κ3) is 3.72. The topological polar surface area (TPSA) is 61.0 Å². The van der Waals surface area contributed by atoms with Gasteiger partial charge in [-0.1, -0.05) is 42.5 Å². The van der Waals surface area contributed by atoms with E-state index in [0.717, 1.165) is 43.5 Å². The van der Waals surface area contributed by atoms with Crippen molar-refractivity contribution in [1.82, 2.24) is 14.9 Å². The standard InChI is InChI=1S/C20H22N4O/c25-19(23-20-21-17-10-4-5-11-18(17)22-20)16-9-6-12-24(14-16)13-15-7-2-1-3-8-15/h1-5,7-8,10-11,16H,6,9,12-14H2,(H2,21,22,23,25)/t16-/m1/s1. The van der Waals surface area contributed by atoms with Crippen LogP contribution in [0.15, 0.2) is 54.6 Å². The molecule has 1 atom stereocenters. The van der Waals surface area contributed by atoms with Gasteiger partial charge in [-0.15, -0.1) is 0 Å². The third-order valence-corrected chi connectivity index (χ3v) is 4.76. The van der Waals surface area contributed by atoms with Gasteiger partial charge in [-0.25, -0.2) is 4.98 Å². The van der Waals surface area contributed by atoms with Gasteiger partial charge in [0.25, 0.3) is 0 Å². The number of carbonyl (C=O) groups is 1. The molecule has 1 saturated heterocycles. The summed E-state index contributed by atoms with van der Waals surface area (Å²) >= 11 is 0. The van der Waals surface area contributed by atoms with Gasteiger partial charge >= 0.3 is 0 Å². The number of piperidine rings is 1. The van der Waals surface area contributed by atoms with Gasteiger partial charge in [0, 0.05) is 13.1 Å². The van der Waals surface area contributed by atoms with Gasteiger partial charge in [-0.3, -0.25) is 15.0 Å². The van der Waals surface area contributed by atoms with Crippen LogP contribution in [0, 0.1) is 5.92 Å². The number of hydrogen-bond donors (Lipinski definition) is 2. The summed E-state index contributed by atoms with van der Waals surface area (Å²) in [4.78, 5) is 22.6. The number of likely N-dealkylation sites (tertiary alicyclic amines) is 1. The number of fused-ring (bicyclic) bond motifs is 1. The Bertz CT molecular complexity index is 825. The number of H-pyrrole nitrogens is 1. The molecule has 0 bridgehead atoms. The number of anilines is 1. The Morgan fingerprint density at radius 3 is 2.80 bits per heavy atom. The second-order valence-corrected chi connectivity index (χ2v) is 6.65. The van der Waals surface area contributed by atoms with Gasteiger partial charge in [0.2, 0.25) is 11.9 Å². The van der Waals surface area contributed by atoms with E-state index in [1.165, 1.54) is 5.56 Å². The first-order chi connectivity index (χ1) is 12.3. The molecule has 2 heterocycles. The normalized spacial score (nSPS) is 18.3. The summed E-state index contributed by atoms with van der Waals surface area (Å²) in [6.45, 7) is 2.74. The summed E-state index contributed by atoms with van der Waals surface area (Å²) in [6.07, 6.45) is 1.97. The minimum absolute atomic E-state index is 0.00525. The zero-order valence-electron chi connectivity index (χ0n) is 14.1. The Morgan fingerprint density at radius 1 is 1.16 bits per heavy atom. The van der Waals surface area contributed by atoms with Crippen LogP contribution in [0.2, 0.25) is 0 Å². The molecule has 1 aliphatic heterocycles. The van der Waals surface area contributed by atoms with E-state index in [9.17, 15) is 4.79 Å². The highest BCUT2D eigenvalue weighted by Gasteiger charge is 2.26. The fourth-order valence-corrected chi connectivity index (χ4v) is 3.49. The van der Waals surface area contributed by atoms with Crippen LogP contribution in [0.25, 0.3) is 11.0 Å². The van der Waals surface area contributed by atoms with Crippen LogP contribution < -0.4 is 5.32 Å². The summed E-state index contributed by atoms with van der Waals surface area (Å²) < 4.78 is 0. The predicted octanol–water partition coefficient (Wildman–Crippen LogP) is 3.41. The molecule has 1 aromatic heterocycles. The molecule has 5 heteroatoms. The highest BCUT2D eigenvalue weighted by molar-refractivity contribution is 5.92. The van der Waals surface area contributed by atoms with E-state index in [-0.39, 0.29) is 11.8 Å². The van der Waals surface area contributed by atoms with Gasteiger partial charge in [0.1, 0.15) is 0 Å². The zero-order valence-corrected chi connectivity index (χ0v) is 14.1. The summed E-state index contributed by atoms with van der Waals surface area (Å²) in [5.41, 5.74) is 3.10. The zero-order chi connectivity index (χ0) is 17.1. The maximum atomic E-state index is 12.6. The summed E-state index contributed by atoms with van der Waals surface area (Å²) in [6, 6.07) is 18.2. The molecule has 2 aromatic carbocycles. The Hall–Kier alpha value is -2.66. The van der Waals surface area contributed by atoms with Crippen molar-refractivity contribution in [3.8, 4) is 0 Å². The van der Waals surface area contributed by atoms with Crippen molar-refractivity contribution in [2.45, 2.75) is 19.4 Å². The lowest BCUT2D eigenvalue weighted by molar-refractivity contribution is -0.121. The van der Waals surface area contributed by atoms with Gasteiger partial charge in [0.15, 0.2) is 0 Å². The van der Waals surface area contributed by atoms with Crippen LogP contribution in [-0.4, -0.2) is 33.9 Å². The largest absolute Gasteiger partial charge is 0.324 e. The Labute approximate surface area is 147 Å². The minimum Gasteiger partial charge on any atom is -0.324 e. The molecule has 1 amide bonds. The molecule has 3 aromatic rings. The van der Waals surface area contributed by atoms with Gasteiger partial charge in [-0.2, -0.15) is 0 Å². The number of carbonyl (C=O) groups excluding carboxylic acids is 1. The molecule has 2 N–H and O–H groups in total. The fourth-order valence-electron chi connectivity index (χ4n) is 3.49. The quantitative estimate of drug-likeness (QED) is 0.768. The molecule has 0 spiro atoms. The number of nitrogens with zero attached hydrogens (tertiary/aromatic N) is 2. The summed E-state index contributed by atoms with van der Waals surface area (Å²) in [5, 5.41) is 2.95. The molecule has 0 radical (unpaired) electrons. The van der Waals surface area contributed by atoms with Crippen molar-refractivity contribution in [2.75, 3.05) is 18.4 Å². The lowest BCUT2D eigenvalue weighted by Gasteiger charge is -2.31. The van der Waals surface area contributed by atoms with Crippen molar-refractivity contribution >= 4 is 22.9 Å². The maximum absolute atomic E-state index is 12.6. The van der Waals surface area contributed by atoms with E-state index in [2.05, 4.69) is 44.5 Å². The number of para-hydroxylation sites is 2. The summed E-state index contributed by atoms with van der Waals surface area (Å²) in [5.74, 6) is 0.592. The van der Waals surface area contributed by atoms with Crippen molar-refractivity contribution < 1.29 is 4.79 Å². The SMILES string of the molecule is O=C(Nc1nc2ccccc2[nH]1)[C@@H]1CCCN(Cc2ccccc2)C1. The molecule has 0 aliphatic carbocycles. The highest BCUT2D eigenvalue weighted by Crippen LogP contribution is 2.21. The smallest absolute Gasteiger partial charge is 0.231 e. The molecular formula is C20H22N4O. The molecule has 0 saturated carbocycles. The number of hydrogen-bond acceptors (Lipinski definition) is 3. The second-order valence-electron chi connectivity index (χ2n) is 6.65. The van der Waals surface area contributed by atoms with Crippen LogP contribution in [0.1, 0.15) is 18.4 Å². The van der Waals surface area contributed by atoms with Crippen LogP contribution in [0.4, 0.5) is 5.95 Å². The van der Waals surface area contributed by atoms with E-state index < -0.39 is 0 Å². The first-order valence-electron chi connectivity index (χ1n) is 8.80. The molecule has 1 aliphatic rings. The lowest BCUT2D eigenvalue weighted by Crippen LogP contribution is -2.40. The van der Waals surface area contributed by atoms with Crippen molar-refractivity contribution in [3.63, 3.8) is 0 Å². The monoisotopic (exact) mass is 334 g/mol. The third-order valence-electron chi connectivity index (χ3n) is 4.76. The molecule has 128 valence electrons. The van der Waals surface area contributed by atoms with E-state index >= 15 is 0 Å². The fraction of sp³-hybridized carbons (Fsp3) is 0.300. The molecule has 25 heavy (non-hydrogen) atoms. The van der Waals surface area contributed by atoms with Crippen molar-refractivity contribution in [2.24, 2.45) is 5.92 Å². The highest BCUT2D eigenvalue weighted by atomic mass is 16.2. The van der Waals surface area contributed by atoms with E-state index in [1.807, 2.05) is 30.3 Å². The number of amides is 1. The van der Waals surface area contributed by atoms with Crippen molar-refractivity contribution in [1.29, 1.82) is 0 Å². The molecule has 4 rings (SSSR count). The first kappa shape index (κ1) is 15.8. The van der Waals surface area contributed by atoms with Gasteiger partial charge in [-0.05, 0) is 37.1 Å². The van der Waals surface area contributed by atoms with Crippen LogP contribution in [-0.2, 0) is 11.3 Å². The average molecular weight is 334 g/mol. The van der Waals surface area contributed by atoms with Gasteiger partial charge in [0.05, 0.1) is 17.0 Å². The van der Waals surface area contributed by atoms with E-state index in [1.54, 1.807) is 0 Å². The number of rotatable bonds is 4. The Morgan fingerprint density at radius 2 is 1.96 bits per heavy atom. The van der Waals surface area contributed by atoms with Crippen LogP contribution in [0.5, 0.6) is 0 Å². The number of benzene rings is 2. The molecular weight excluding hydrogens is 312 g/mol.